The van der Waals surface area contributed by atoms with Gasteiger partial charge in [-0.1, -0.05) is 60.1 Å². The summed E-state index contributed by atoms with van der Waals surface area (Å²) in [6, 6.07) is 24.2. The third-order valence-corrected chi connectivity index (χ3v) is 6.10. The van der Waals surface area contributed by atoms with Crippen molar-refractivity contribution in [3.63, 3.8) is 0 Å². The van der Waals surface area contributed by atoms with Crippen LogP contribution in [0.15, 0.2) is 82.3 Å². The first-order valence-corrected chi connectivity index (χ1v) is 11.6. The summed E-state index contributed by atoms with van der Waals surface area (Å²) in [6.07, 6.45) is 1.79. The van der Waals surface area contributed by atoms with Gasteiger partial charge in [0, 0.05) is 11.2 Å². The molecule has 4 aromatic rings. The summed E-state index contributed by atoms with van der Waals surface area (Å²) in [4.78, 5) is 4.55. The smallest absolute Gasteiger partial charge is 0.175 e. The van der Waals surface area contributed by atoms with Crippen LogP contribution in [0.2, 0.25) is 5.02 Å². The minimum Gasteiger partial charge on any atom is -0.490 e. The Morgan fingerprint density at radius 2 is 1.78 bits per heavy atom. The van der Waals surface area contributed by atoms with Crippen molar-refractivity contribution in [3.05, 3.63) is 99.0 Å². The molecule has 5 heteroatoms. The van der Waals surface area contributed by atoms with Crippen molar-refractivity contribution in [3.8, 4) is 11.5 Å². The Kier molecular flexibility index (Phi) is 7.13. The lowest BCUT2D eigenvalue weighted by Gasteiger charge is -2.15. The predicted octanol–water partition coefficient (Wildman–Crippen LogP) is 8.29. The fourth-order valence-corrected chi connectivity index (χ4v) is 4.19. The molecule has 0 heterocycles. The number of ether oxygens (including phenoxy) is 2. The molecule has 3 nitrogen and oxygen atoms in total. The molecule has 0 aliphatic carbocycles. The van der Waals surface area contributed by atoms with Gasteiger partial charge < -0.3 is 9.47 Å². The molecule has 0 aliphatic heterocycles. The Balaban J connectivity index is 1.59. The molecule has 0 bridgehead atoms. The van der Waals surface area contributed by atoms with Crippen LogP contribution in [0.4, 0.5) is 5.69 Å². The number of aryl methyl sites for hydroxylation is 1. The summed E-state index contributed by atoms with van der Waals surface area (Å²) in [5.41, 5.74) is 3.85. The first kappa shape index (κ1) is 22.4. The number of hydrogen-bond donors (Lipinski definition) is 0. The van der Waals surface area contributed by atoms with E-state index in [1.165, 1.54) is 10.8 Å². The van der Waals surface area contributed by atoms with Crippen molar-refractivity contribution in [2.24, 2.45) is 4.99 Å². The number of nitrogens with zero attached hydrogens (tertiary/aromatic N) is 1. The highest BCUT2D eigenvalue weighted by Crippen LogP contribution is 2.37. The van der Waals surface area contributed by atoms with Gasteiger partial charge in [0.1, 0.15) is 6.61 Å². The molecular weight excluding hydrogens is 486 g/mol. The van der Waals surface area contributed by atoms with Crippen molar-refractivity contribution in [2.45, 2.75) is 20.5 Å². The topological polar surface area (TPSA) is 30.8 Å². The van der Waals surface area contributed by atoms with Gasteiger partial charge in [0.2, 0.25) is 0 Å². The van der Waals surface area contributed by atoms with Crippen molar-refractivity contribution >= 4 is 50.2 Å². The Morgan fingerprint density at radius 1 is 0.969 bits per heavy atom. The molecule has 0 aromatic heterocycles. The predicted molar refractivity (Wildman–Crippen MR) is 137 cm³/mol. The van der Waals surface area contributed by atoms with Crippen LogP contribution in [-0.2, 0) is 6.61 Å². The zero-order valence-corrected chi connectivity index (χ0v) is 20.3. The van der Waals surface area contributed by atoms with Gasteiger partial charge in [-0.15, -0.1) is 0 Å². The van der Waals surface area contributed by atoms with E-state index in [4.69, 9.17) is 21.1 Å². The summed E-state index contributed by atoms with van der Waals surface area (Å²) in [5, 5.41) is 3.08. The molecule has 162 valence electrons. The van der Waals surface area contributed by atoms with Crippen LogP contribution >= 0.6 is 27.5 Å². The SMILES string of the molecule is CCOc1cc(C=Nc2ccc(C)c(Cl)c2)cc(Br)c1OCc1cccc2ccccc12. The Bertz CT molecular complexity index is 1280. The van der Waals surface area contributed by atoms with Gasteiger partial charge in [-0.2, -0.15) is 0 Å². The standard InChI is InChI=1S/C27H23BrClNO2/c1-3-31-26-14-19(16-30-22-12-11-18(2)25(29)15-22)13-24(28)27(26)32-17-21-9-6-8-20-7-4-5-10-23(20)21/h4-16H,3,17H2,1-2H3. The number of aliphatic imine (C=N–C) groups is 1. The summed E-state index contributed by atoms with van der Waals surface area (Å²) in [6.45, 7) is 4.90. The first-order valence-electron chi connectivity index (χ1n) is 10.4. The van der Waals surface area contributed by atoms with E-state index >= 15 is 0 Å². The van der Waals surface area contributed by atoms with E-state index in [0.717, 1.165) is 26.9 Å². The van der Waals surface area contributed by atoms with Gasteiger partial charge in [-0.05, 0) is 81.5 Å². The second-order valence-electron chi connectivity index (χ2n) is 7.38. The molecule has 0 aliphatic rings. The molecule has 0 amide bonds. The summed E-state index contributed by atoms with van der Waals surface area (Å²) in [7, 11) is 0. The Labute approximate surface area is 201 Å². The van der Waals surface area contributed by atoms with E-state index in [-0.39, 0.29) is 0 Å². The van der Waals surface area contributed by atoms with Gasteiger partial charge >= 0.3 is 0 Å². The van der Waals surface area contributed by atoms with Crippen LogP contribution in [0.3, 0.4) is 0 Å². The van der Waals surface area contributed by atoms with Gasteiger partial charge in [0.05, 0.1) is 16.8 Å². The maximum Gasteiger partial charge on any atom is 0.175 e. The van der Waals surface area contributed by atoms with Crippen LogP contribution in [0.5, 0.6) is 11.5 Å². The van der Waals surface area contributed by atoms with Crippen LogP contribution in [0.1, 0.15) is 23.6 Å². The lowest BCUT2D eigenvalue weighted by atomic mass is 10.1. The van der Waals surface area contributed by atoms with Crippen molar-refractivity contribution in [1.29, 1.82) is 0 Å². The van der Waals surface area contributed by atoms with E-state index in [9.17, 15) is 0 Å². The van der Waals surface area contributed by atoms with E-state index < -0.39 is 0 Å². The quantitative estimate of drug-likeness (QED) is 0.235. The lowest BCUT2D eigenvalue weighted by Crippen LogP contribution is -2.02. The monoisotopic (exact) mass is 507 g/mol. The van der Waals surface area contributed by atoms with Crippen LogP contribution < -0.4 is 9.47 Å². The van der Waals surface area contributed by atoms with E-state index in [2.05, 4.69) is 51.3 Å². The highest BCUT2D eigenvalue weighted by Gasteiger charge is 2.13. The fraction of sp³-hybridized carbons (Fsp3) is 0.148. The van der Waals surface area contributed by atoms with Gasteiger partial charge in [-0.3, -0.25) is 4.99 Å². The molecule has 32 heavy (non-hydrogen) atoms. The van der Waals surface area contributed by atoms with Crippen LogP contribution in [0.25, 0.3) is 10.8 Å². The number of rotatable bonds is 7. The fourth-order valence-electron chi connectivity index (χ4n) is 3.44. The molecule has 0 saturated carbocycles. The molecule has 0 fully saturated rings. The molecular formula is C27H23BrClNO2. The summed E-state index contributed by atoms with van der Waals surface area (Å²) < 4.78 is 12.9. The molecule has 4 rings (SSSR count). The second kappa shape index (κ2) is 10.2. The summed E-state index contributed by atoms with van der Waals surface area (Å²) in [5.74, 6) is 1.35. The number of hydrogen-bond acceptors (Lipinski definition) is 3. The molecule has 0 radical (unpaired) electrons. The van der Waals surface area contributed by atoms with Gasteiger partial charge in [0.25, 0.3) is 0 Å². The first-order chi connectivity index (χ1) is 15.5. The molecule has 0 N–H and O–H groups in total. The van der Waals surface area contributed by atoms with Crippen molar-refractivity contribution in [2.75, 3.05) is 6.61 Å². The third kappa shape index (κ3) is 5.14. The third-order valence-electron chi connectivity index (χ3n) is 5.10. The summed E-state index contributed by atoms with van der Waals surface area (Å²) >= 11 is 9.86. The number of halogens is 2. The van der Waals surface area contributed by atoms with Crippen molar-refractivity contribution < 1.29 is 9.47 Å². The minimum absolute atomic E-state index is 0.440. The van der Waals surface area contributed by atoms with Crippen LogP contribution in [0, 0.1) is 6.92 Å². The maximum atomic E-state index is 6.23. The molecule has 0 unspecified atom stereocenters. The minimum atomic E-state index is 0.440. The molecule has 0 atom stereocenters. The van der Waals surface area contributed by atoms with Gasteiger partial charge in [-0.25, -0.2) is 0 Å². The Hall–Kier alpha value is -2.82. The van der Waals surface area contributed by atoms with Gasteiger partial charge in [0.15, 0.2) is 11.5 Å². The highest BCUT2D eigenvalue weighted by molar-refractivity contribution is 9.10. The highest BCUT2D eigenvalue weighted by atomic mass is 79.9. The van der Waals surface area contributed by atoms with E-state index in [0.29, 0.717) is 29.7 Å². The number of fused-ring (bicyclic) bond motifs is 1. The molecule has 4 aromatic carbocycles. The zero-order valence-electron chi connectivity index (χ0n) is 17.9. The molecule has 0 saturated heterocycles. The maximum absolute atomic E-state index is 6.23. The Morgan fingerprint density at radius 3 is 2.59 bits per heavy atom. The number of benzene rings is 4. The average Bonchev–Trinajstić information content (AvgIpc) is 2.79. The molecule has 0 spiro atoms. The van der Waals surface area contributed by atoms with Crippen molar-refractivity contribution in [1.82, 2.24) is 0 Å². The second-order valence-corrected chi connectivity index (χ2v) is 8.64. The van der Waals surface area contributed by atoms with Crippen LogP contribution in [-0.4, -0.2) is 12.8 Å². The normalized spacial score (nSPS) is 11.2. The van der Waals surface area contributed by atoms with E-state index in [1.54, 1.807) is 6.21 Å². The lowest BCUT2D eigenvalue weighted by molar-refractivity contribution is 0.268. The largest absolute Gasteiger partial charge is 0.490 e. The zero-order chi connectivity index (χ0) is 22.5. The van der Waals surface area contributed by atoms with E-state index in [1.807, 2.05) is 56.3 Å². The average molecular weight is 509 g/mol.